The molecule has 7 heteroatoms. The van der Waals surface area contributed by atoms with Gasteiger partial charge in [-0.1, -0.05) is 36.4 Å². The van der Waals surface area contributed by atoms with Crippen molar-refractivity contribution in [1.82, 2.24) is 19.3 Å². The van der Waals surface area contributed by atoms with Crippen molar-refractivity contribution < 1.29 is 4.79 Å². The maximum absolute atomic E-state index is 13.1. The maximum Gasteiger partial charge on any atom is 0.284 e. The Balaban J connectivity index is 1.92. The fourth-order valence-electron chi connectivity index (χ4n) is 3.37. The number of nitrogens with zero attached hydrogens (tertiary/aromatic N) is 4. The molecule has 0 aromatic heterocycles. The van der Waals surface area contributed by atoms with Crippen LogP contribution in [0.1, 0.15) is 31.9 Å². The second-order valence-corrected chi connectivity index (χ2v) is 7.49. The topological polar surface area (TPSA) is 69.8 Å². The number of thioether (sulfide) groups is 1. The molecule has 1 aromatic carbocycles. The van der Waals surface area contributed by atoms with Gasteiger partial charge in [-0.25, -0.2) is 4.98 Å². The SMILES string of the molecule is CC(=O)CSc1nc2nn(-c3ccccc3)c(=O)c-2c2n1CCCCC2. The van der Waals surface area contributed by atoms with E-state index in [0.717, 1.165) is 48.8 Å². The number of hydrogen-bond donors (Lipinski definition) is 0. The molecular weight excluding hydrogens is 348 g/mol. The number of benzene rings is 1. The summed E-state index contributed by atoms with van der Waals surface area (Å²) in [5.74, 6) is 0.957. The van der Waals surface area contributed by atoms with E-state index in [0.29, 0.717) is 17.1 Å². The summed E-state index contributed by atoms with van der Waals surface area (Å²) in [6.45, 7) is 2.41. The quantitative estimate of drug-likeness (QED) is 0.523. The number of carbonyl (C=O) groups is 1. The standard InChI is InChI=1S/C19H20N4O2S/c1-13(24)12-26-19-20-17-16(15-10-6-3-7-11-22(15)19)18(25)23(21-17)14-8-4-2-5-9-14/h2,4-5,8-9H,3,6-7,10-12H2,1H3. The first kappa shape index (κ1) is 17.0. The molecule has 0 N–H and O–H groups in total. The van der Waals surface area contributed by atoms with Crippen LogP contribution in [0.3, 0.4) is 0 Å². The summed E-state index contributed by atoms with van der Waals surface area (Å²) in [4.78, 5) is 29.2. The van der Waals surface area contributed by atoms with Gasteiger partial charge in [0.05, 0.1) is 11.4 Å². The molecule has 0 saturated carbocycles. The minimum atomic E-state index is -0.118. The summed E-state index contributed by atoms with van der Waals surface area (Å²) < 4.78 is 3.56. The molecule has 0 aliphatic carbocycles. The first-order valence-electron chi connectivity index (χ1n) is 8.85. The van der Waals surface area contributed by atoms with Gasteiger partial charge in [-0.3, -0.25) is 9.59 Å². The van der Waals surface area contributed by atoms with Crippen molar-refractivity contribution >= 4 is 17.5 Å². The van der Waals surface area contributed by atoms with Gasteiger partial charge in [-0.2, -0.15) is 4.68 Å². The number of hydrogen-bond acceptors (Lipinski definition) is 5. The highest BCUT2D eigenvalue weighted by atomic mass is 32.2. The lowest BCUT2D eigenvalue weighted by molar-refractivity contribution is -0.114. The van der Waals surface area contributed by atoms with Crippen LogP contribution in [-0.2, 0) is 17.8 Å². The van der Waals surface area contributed by atoms with Gasteiger partial charge in [-0.15, -0.1) is 5.10 Å². The zero-order chi connectivity index (χ0) is 18.1. The molecule has 0 amide bonds. The molecule has 0 bridgehead atoms. The second-order valence-electron chi connectivity index (χ2n) is 6.55. The van der Waals surface area contributed by atoms with Gasteiger partial charge in [0.15, 0.2) is 11.0 Å². The predicted octanol–water partition coefficient (Wildman–Crippen LogP) is 2.94. The van der Waals surface area contributed by atoms with Crippen molar-refractivity contribution in [3.63, 3.8) is 0 Å². The molecule has 0 radical (unpaired) electrons. The highest BCUT2D eigenvalue weighted by Crippen LogP contribution is 2.30. The van der Waals surface area contributed by atoms with Crippen molar-refractivity contribution in [2.24, 2.45) is 0 Å². The predicted molar refractivity (Wildman–Crippen MR) is 101 cm³/mol. The molecule has 3 aliphatic rings. The molecule has 3 heterocycles. The van der Waals surface area contributed by atoms with Gasteiger partial charge in [-0.05, 0) is 38.3 Å². The highest BCUT2D eigenvalue weighted by molar-refractivity contribution is 7.99. The van der Waals surface area contributed by atoms with E-state index >= 15 is 0 Å². The van der Waals surface area contributed by atoms with Crippen LogP contribution in [0.4, 0.5) is 0 Å². The van der Waals surface area contributed by atoms with E-state index in [-0.39, 0.29) is 11.3 Å². The van der Waals surface area contributed by atoms with Crippen LogP contribution in [-0.4, -0.2) is 30.9 Å². The third-order valence-electron chi connectivity index (χ3n) is 4.57. The molecule has 0 unspecified atom stereocenters. The van der Waals surface area contributed by atoms with Gasteiger partial charge in [0.1, 0.15) is 11.3 Å². The smallest absolute Gasteiger partial charge is 0.284 e. The molecule has 6 nitrogen and oxygen atoms in total. The van der Waals surface area contributed by atoms with Crippen LogP contribution < -0.4 is 5.56 Å². The Bertz CT molecular complexity index is 977. The van der Waals surface area contributed by atoms with Crippen LogP contribution in [0, 0.1) is 0 Å². The molecule has 1 aromatic rings. The van der Waals surface area contributed by atoms with Crippen molar-refractivity contribution in [3.05, 3.63) is 46.4 Å². The Hall–Kier alpha value is -2.41. The summed E-state index contributed by atoms with van der Waals surface area (Å²) in [7, 11) is 0. The summed E-state index contributed by atoms with van der Waals surface area (Å²) in [6, 6.07) is 9.42. The van der Waals surface area contributed by atoms with E-state index in [9.17, 15) is 9.59 Å². The second kappa shape index (κ2) is 7.07. The third kappa shape index (κ3) is 3.07. The Labute approximate surface area is 155 Å². The minimum absolute atomic E-state index is 0.110. The summed E-state index contributed by atoms with van der Waals surface area (Å²) in [5.41, 5.74) is 2.24. The number of fused-ring (bicyclic) bond motifs is 3. The van der Waals surface area contributed by atoms with E-state index in [2.05, 4.69) is 14.6 Å². The van der Waals surface area contributed by atoms with Gasteiger partial charge in [0.25, 0.3) is 5.56 Å². The largest absolute Gasteiger partial charge is 0.324 e. The van der Waals surface area contributed by atoms with Crippen molar-refractivity contribution in [2.45, 2.75) is 44.3 Å². The molecule has 0 fully saturated rings. The molecule has 26 heavy (non-hydrogen) atoms. The molecule has 4 rings (SSSR count). The Morgan fingerprint density at radius 3 is 2.77 bits per heavy atom. The zero-order valence-electron chi connectivity index (χ0n) is 14.6. The van der Waals surface area contributed by atoms with Gasteiger partial charge >= 0.3 is 0 Å². The number of aromatic nitrogens is 4. The number of rotatable bonds is 4. The van der Waals surface area contributed by atoms with E-state index in [1.807, 2.05) is 30.3 Å². The molecule has 134 valence electrons. The molecule has 0 atom stereocenters. The Kier molecular flexibility index (Phi) is 4.63. The summed E-state index contributed by atoms with van der Waals surface area (Å²) in [6.07, 6.45) is 4.06. The van der Waals surface area contributed by atoms with Crippen LogP contribution in [0.5, 0.6) is 0 Å². The maximum atomic E-state index is 13.1. The Morgan fingerprint density at radius 1 is 1.19 bits per heavy atom. The van der Waals surface area contributed by atoms with Crippen LogP contribution >= 0.6 is 11.8 Å². The minimum Gasteiger partial charge on any atom is -0.324 e. The fourth-order valence-corrected chi connectivity index (χ4v) is 4.21. The van der Waals surface area contributed by atoms with Crippen molar-refractivity contribution in [2.75, 3.05) is 5.75 Å². The Morgan fingerprint density at radius 2 is 2.00 bits per heavy atom. The third-order valence-corrected chi connectivity index (χ3v) is 5.69. The normalized spacial score (nSPS) is 14.2. The highest BCUT2D eigenvalue weighted by Gasteiger charge is 2.27. The average Bonchev–Trinajstić information content (AvgIpc) is 2.82. The first-order chi connectivity index (χ1) is 12.6. The lowest BCUT2D eigenvalue weighted by Crippen LogP contribution is -2.19. The van der Waals surface area contributed by atoms with Crippen LogP contribution in [0.2, 0.25) is 0 Å². The molecule has 3 aliphatic heterocycles. The van der Waals surface area contributed by atoms with E-state index in [1.165, 1.54) is 16.4 Å². The summed E-state index contributed by atoms with van der Waals surface area (Å²) >= 11 is 1.43. The number of carbonyl (C=O) groups excluding carboxylic acids is 1. The van der Waals surface area contributed by atoms with Crippen LogP contribution in [0.25, 0.3) is 17.1 Å². The van der Waals surface area contributed by atoms with Crippen molar-refractivity contribution in [3.8, 4) is 17.1 Å². The molecule has 0 saturated heterocycles. The first-order valence-corrected chi connectivity index (χ1v) is 9.84. The number of para-hydroxylation sites is 1. The van der Waals surface area contributed by atoms with E-state index in [1.54, 1.807) is 6.92 Å². The number of ketones is 1. The van der Waals surface area contributed by atoms with E-state index < -0.39 is 0 Å². The lowest BCUT2D eigenvalue weighted by atomic mass is 10.1. The van der Waals surface area contributed by atoms with E-state index in [4.69, 9.17) is 0 Å². The zero-order valence-corrected chi connectivity index (χ0v) is 15.5. The molecule has 0 spiro atoms. The lowest BCUT2D eigenvalue weighted by Gasteiger charge is -2.17. The monoisotopic (exact) mass is 368 g/mol. The van der Waals surface area contributed by atoms with Gasteiger partial charge in [0.2, 0.25) is 0 Å². The summed E-state index contributed by atoms with van der Waals surface area (Å²) in [5, 5.41) is 5.27. The average molecular weight is 368 g/mol. The van der Waals surface area contributed by atoms with Crippen molar-refractivity contribution in [1.29, 1.82) is 0 Å². The number of Topliss-reactive ketones (excluding diaryl/α,β-unsaturated/α-hetero) is 1. The van der Waals surface area contributed by atoms with Crippen LogP contribution in [0.15, 0.2) is 40.3 Å². The van der Waals surface area contributed by atoms with Gasteiger partial charge < -0.3 is 4.57 Å². The van der Waals surface area contributed by atoms with Gasteiger partial charge in [0, 0.05) is 12.2 Å². The molecular formula is C19H20N4O2S. The fraction of sp³-hybridized carbons (Fsp3) is 0.368.